The molecule has 0 amide bonds. The summed E-state index contributed by atoms with van der Waals surface area (Å²) in [6.07, 6.45) is 7.59. The molecule has 0 aliphatic rings. The molecule has 0 saturated heterocycles. The van der Waals surface area contributed by atoms with Crippen LogP contribution in [0.1, 0.15) is 41.5 Å². The van der Waals surface area contributed by atoms with Gasteiger partial charge in [-0.05, 0) is 0 Å². The van der Waals surface area contributed by atoms with E-state index in [-0.39, 0.29) is 0 Å². The van der Waals surface area contributed by atoms with Crippen molar-refractivity contribution in [3.8, 4) is 0 Å². The molecule has 0 atom stereocenters. The third-order valence-electron chi connectivity index (χ3n) is 4.51. The molecule has 0 aromatic carbocycles. The van der Waals surface area contributed by atoms with Gasteiger partial charge < -0.3 is 0 Å². The van der Waals surface area contributed by atoms with Crippen LogP contribution in [-0.4, -0.2) is 37.0 Å². The van der Waals surface area contributed by atoms with E-state index in [2.05, 4.69) is 41.5 Å². The summed E-state index contributed by atoms with van der Waals surface area (Å²) in [4.78, 5) is 0. The van der Waals surface area contributed by atoms with Crippen LogP contribution in [0.4, 0.5) is 0 Å². The van der Waals surface area contributed by atoms with E-state index in [9.17, 15) is 0 Å². The molecule has 0 fully saturated rings. The van der Waals surface area contributed by atoms with E-state index in [0.29, 0.717) is 0 Å². The van der Waals surface area contributed by atoms with Crippen molar-refractivity contribution in [2.24, 2.45) is 0 Å². The average Bonchev–Trinajstić information content (AvgIpc) is 2.34. The van der Waals surface area contributed by atoms with Crippen LogP contribution in [0.2, 0.25) is 0 Å². The molecule has 0 aromatic heterocycles. The number of halogens is 2. The first-order chi connectivity index (χ1) is 7.86. The van der Waals surface area contributed by atoms with Gasteiger partial charge in [0.25, 0.3) is 0 Å². The molecule has 0 aromatic rings. The van der Waals surface area contributed by atoms with E-state index in [1.807, 2.05) is 0 Å². The van der Waals surface area contributed by atoms with Crippen molar-refractivity contribution in [3.63, 3.8) is 0 Å². The molecule has 0 nitrogen and oxygen atoms in total. The normalized spacial score (nSPS) is 16.9. The van der Waals surface area contributed by atoms with E-state index < -0.39 is 21.8 Å². The molecule has 0 heterocycles. The Bertz CT molecular complexity index is 188. The van der Waals surface area contributed by atoms with Gasteiger partial charge in [-0.15, -0.1) is 0 Å². The first kappa shape index (κ1) is 18.9. The second kappa shape index (κ2) is 7.65. The molecule has 0 saturated carbocycles. The van der Waals surface area contributed by atoms with Crippen molar-refractivity contribution in [2.45, 2.75) is 41.5 Å². The van der Waals surface area contributed by atoms with Gasteiger partial charge >= 0.3 is 121 Å². The zero-order valence-corrected chi connectivity index (χ0v) is 16.8. The number of rotatable bonds is 8. The van der Waals surface area contributed by atoms with Crippen LogP contribution in [0.5, 0.6) is 0 Å². The van der Waals surface area contributed by atoms with Crippen LogP contribution >= 0.6 is 32.5 Å². The quantitative estimate of drug-likeness (QED) is 0.370. The summed E-state index contributed by atoms with van der Waals surface area (Å²) in [7, 11) is 12.8. The van der Waals surface area contributed by atoms with Gasteiger partial charge in [0.15, 0.2) is 0 Å². The van der Waals surface area contributed by atoms with Crippen molar-refractivity contribution in [3.05, 3.63) is 0 Å². The second-order valence-corrected chi connectivity index (χ2v) is 32.6. The van der Waals surface area contributed by atoms with Crippen molar-refractivity contribution < 1.29 is 9.74 Å². The van der Waals surface area contributed by atoms with Crippen LogP contribution in [0.3, 0.4) is 0 Å². The summed E-state index contributed by atoms with van der Waals surface area (Å²) in [5.41, 5.74) is 0. The minimum absolute atomic E-state index is 1.27. The molecular formula is C12H32Cl2NiP2. The Morgan fingerprint density at radius 3 is 0.882 bits per heavy atom. The van der Waals surface area contributed by atoms with E-state index >= 15 is 0 Å². The zero-order chi connectivity index (χ0) is 13.7. The molecule has 0 aliphatic carbocycles. The maximum atomic E-state index is 7.17. The first-order valence-electron chi connectivity index (χ1n) is 6.92. The number of hydrogen-bond acceptors (Lipinski definition) is 0. The van der Waals surface area contributed by atoms with E-state index in [4.69, 9.17) is 20.4 Å². The first-order valence-corrected chi connectivity index (χ1v) is 17.5. The third-order valence-corrected chi connectivity index (χ3v) is 48.6. The van der Waals surface area contributed by atoms with Gasteiger partial charge in [0, 0.05) is 0 Å². The van der Waals surface area contributed by atoms with Gasteiger partial charge in [-0.1, -0.05) is 0 Å². The molecule has 0 aliphatic heterocycles. The fraction of sp³-hybridized carbons (Fsp3) is 1.00. The Kier molecular flexibility index (Phi) is 8.52. The maximum absolute atomic E-state index is 7.17. The van der Waals surface area contributed by atoms with Crippen LogP contribution in [0, 0.1) is 0 Å². The van der Waals surface area contributed by atoms with E-state index in [0.717, 1.165) is 0 Å². The van der Waals surface area contributed by atoms with Crippen LogP contribution in [0.25, 0.3) is 0 Å². The topological polar surface area (TPSA) is 0 Å². The third kappa shape index (κ3) is 3.16. The monoisotopic (exact) mass is 366 g/mol. The molecule has 0 unspecified atom stereocenters. The molecule has 0 spiro atoms. The van der Waals surface area contributed by atoms with Crippen molar-refractivity contribution in [2.75, 3.05) is 37.0 Å². The van der Waals surface area contributed by atoms with Gasteiger partial charge in [0.05, 0.1) is 0 Å². The Labute approximate surface area is 120 Å². The van der Waals surface area contributed by atoms with Crippen molar-refractivity contribution in [1.29, 1.82) is 0 Å². The van der Waals surface area contributed by atoms with Crippen molar-refractivity contribution in [1.82, 2.24) is 0 Å². The summed E-state index contributed by atoms with van der Waals surface area (Å²) in [6, 6.07) is -2.91. The fourth-order valence-corrected chi connectivity index (χ4v) is 49.0. The Balaban J connectivity index is 5.60. The average molecular weight is 368 g/mol. The Hall–Kier alpha value is 1.93. The molecule has 114 valence electrons. The number of hydrogen-bond donors (Lipinski definition) is 0. The molecule has 0 radical (unpaired) electrons. The predicted octanol–water partition coefficient (Wildman–Crippen LogP) is 5.90. The van der Waals surface area contributed by atoms with Crippen LogP contribution < -0.4 is 0 Å². The summed E-state index contributed by atoms with van der Waals surface area (Å²) in [5.74, 6) is 0. The van der Waals surface area contributed by atoms with Gasteiger partial charge in [0.2, 0.25) is 0 Å². The summed E-state index contributed by atoms with van der Waals surface area (Å²) < 4.78 is 0. The summed E-state index contributed by atoms with van der Waals surface area (Å²) >= 11 is 0. The van der Waals surface area contributed by atoms with Gasteiger partial charge in [0.1, 0.15) is 0 Å². The minimum atomic E-state index is -1.49. The zero-order valence-electron chi connectivity index (χ0n) is 12.3. The van der Waals surface area contributed by atoms with Crippen LogP contribution in [0.15, 0.2) is 0 Å². The van der Waals surface area contributed by atoms with Gasteiger partial charge in [-0.2, -0.15) is 0 Å². The van der Waals surface area contributed by atoms with Gasteiger partial charge in [-0.25, -0.2) is 0 Å². The standard InChI is InChI=1S/2C6H15P.2ClH.Ni/c2*1-4-7(5-2)6-3;;;/h2*4-6H2,1-3H3;2*1H;. The fourth-order valence-electron chi connectivity index (χ4n) is 2.70. The Morgan fingerprint density at radius 1 is 0.588 bits per heavy atom. The molecule has 0 rings (SSSR count). The Morgan fingerprint density at radius 2 is 0.765 bits per heavy atom. The van der Waals surface area contributed by atoms with E-state index in [1.54, 1.807) is 0 Å². The second-order valence-electron chi connectivity index (χ2n) is 4.66. The SMILES string of the molecule is CC[PH](CC)(CC)[Ni]([Cl])([Cl])[PH](CC)(CC)CC. The van der Waals surface area contributed by atoms with Crippen molar-refractivity contribution >= 4 is 32.5 Å². The van der Waals surface area contributed by atoms with E-state index in [1.165, 1.54) is 37.0 Å². The van der Waals surface area contributed by atoms with Gasteiger partial charge in [-0.3, -0.25) is 0 Å². The molecule has 0 bridgehead atoms. The molecule has 17 heavy (non-hydrogen) atoms. The summed E-state index contributed by atoms with van der Waals surface area (Å²) in [5, 5.41) is 0. The van der Waals surface area contributed by atoms with Crippen LogP contribution in [-0.2, 0) is 9.74 Å². The molecular weight excluding hydrogens is 336 g/mol. The molecule has 0 N–H and O–H groups in total. The molecule has 5 heteroatoms. The summed E-state index contributed by atoms with van der Waals surface area (Å²) in [6.45, 7) is 14.0. The predicted molar refractivity (Wildman–Crippen MR) is 91.6 cm³/mol.